The van der Waals surface area contributed by atoms with Crippen LogP contribution in [0, 0.1) is 12.7 Å². The summed E-state index contributed by atoms with van der Waals surface area (Å²) in [5, 5.41) is 0. The molecular weight excluding hydrogens is 319 g/mol. The standard InChI is InChI=1S/C17H14ClFN2O2/c1-11-3-2-4-13(19)12(11)10-21(17(22)9-18)16-6-5-15-14(20-16)7-8-23-15/h2-8H,9-10H2,1H3. The van der Waals surface area contributed by atoms with Gasteiger partial charge in [-0.2, -0.15) is 0 Å². The minimum Gasteiger partial charge on any atom is -0.463 e. The van der Waals surface area contributed by atoms with Crippen molar-refractivity contribution in [3.63, 3.8) is 0 Å². The zero-order valence-corrected chi connectivity index (χ0v) is 13.2. The molecule has 1 aromatic carbocycles. The second kappa shape index (κ2) is 6.38. The number of rotatable bonds is 4. The van der Waals surface area contributed by atoms with E-state index in [1.54, 1.807) is 37.3 Å². The van der Waals surface area contributed by atoms with E-state index in [0.29, 0.717) is 22.5 Å². The third-order valence-corrected chi connectivity index (χ3v) is 3.88. The molecule has 0 aliphatic heterocycles. The lowest BCUT2D eigenvalue weighted by Gasteiger charge is -2.22. The van der Waals surface area contributed by atoms with Gasteiger partial charge in [-0.05, 0) is 30.7 Å². The van der Waals surface area contributed by atoms with Gasteiger partial charge in [0, 0.05) is 11.6 Å². The number of pyridine rings is 1. The topological polar surface area (TPSA) is 46.3 Å². The maximum Gasteiger partial charge on any atom is 0.243 e. The summed E-state index contributed by atoms with van der Waals surface area (Å²) in [4.78, 5) is 18.0. The van der Waals surface area contributed by atoms with E-state index in [9.17, 15) is 9.18 Å². The molecule has 3 aromatic rings. The largest absolute Gasteiger partial charge is 0.463 e. The number of benzene rings is 1. The maximum absolute atomic E-state index is 14.1. The molecule has 6 heteroatoms. The maximum atomic E-state index is 14.1. The van der Waals surface area contributed by atoms with E-state index >= 15 is 0 Å². The molecule has 0 saturated carbocycles. The summed E-state index contributed by atoms with van der Waals surface area (Å²) >= 11 is 5.71. The Bertz CT molecular complexity index is 842. The lowest BCUT2D eigenvalue weighted by molar-refractivity contribution is -0.116. The number of nitrogens with zero attached hydrogens (tertiary/aromatic N) is 2. The van der Waals surface area contributed by atoms with Crippen molar-refractivity contribution in [3.05, 3.63) is 59.6 Å². The van der Waals surface area contributed by atoms with Crippen LogP contribution in [0.4, 0.5) is 10.2 Å². The first-order valence-electron chi connectivity index (χ1n) is 7.04. The number of halogens is 2. The van der Waals surface area contributed by atoms with E-state index in [1.165, 1.54) is 17.2 Å². The molecule has 0 bridgehead atoms. The molecule has 0 saturated heterocycles. The van der Waals surface area contributed by atoms with Gasteiger partial charge in [-0.15, -0.1) is 11.6 Å². The number of carbonyl (C=O) groups excluding carboxylic acids is 1. The van der Waals surface area contributed by atoms with Crippen LogP contribution in [0.15, 0.2) is 47.1 Å². The number of fused-ring (bicyclic) bond motifs is 1. The first-order chi connectivity index (χ1) is 11.1. The molecular formula is C17H14ClFN2O2. The molecule has 23 heavy (non-hydrogen) atoms. The summed E-state index contributed by atoms with van der Waals surface area (Å²) in [6.45, 7) is 1.87. The Hall–Kier alpha value is -2.40. The van der Waals surface area contributed by atoms with Gasteiger partial charge in [-0.3, -0.25) is 9.69 Å². The Morgan fingerprint density at radius 1 is 1.30 bits per heavy atom. The van der Waals surface area contributed by atoms with Crippen LogP contribution in [0.5, 0.6) is 0 Å². The number of carbonyl (C=O) groups is 1. The van der Waals surface area contributed by atoms with Gasteiger partial charge in [-0.25, -0.2) is 9.37 Å². The molecule has 2 heterocycles. The Morgan fingerprint density at radius 3 is 2.87 bits per heavy atom. The van der Waals surface area contributed by atoms with Crippen LogP contribution in [-0.4, -0.2) is 16.8 Å². The highest BCUT2D eigenvalue weighted by Gasteiger charge is 2.20. The Morgan fingerprint density at radius 2 is 2.13 bits per heavy atom. The van der Waals surface area contributed by atoms with E-state index in [4.69, 9.17) is 16.0 Å². The lowest BCUT2D eigenvalue weighted by Crippen LogP contribution is -2.32. The van der Waals surface area contributed by atoms with Crippen LogP contribution < -0.4 is 4.90 Å². The third kappa shape index (κ3) is 3.05. The first-order valence-corrected chi connectivity index (χ1v) is 7.58. The van der Waals surface area contributed by atoms with Crippen molar-refractivity contribution in [2.24, 2.45) is 0 Å². The molecule has 0 unspecified atom stereocenters. The highest BCUT2D eigenvalue weighted by Crippen LogP contribution is 2.23. The van der Waals surface area contributed by atoms with Crippen molar-refractivity contribution in [1.29, 1.82) is 0 Å². The van der Waals surface area contributed by atoms with Gasteiger partial charge < -0.3 is 4.42 Å². The second-order valence-electron chi connectivity index (χ2n) is 5.12. The van der Waals surface area contributed by atoms with E-state index in [2.05, 4.69) is 4.98 Å². The van der Waals surface area contributed by atoms with Gasteiger partial charge in [-0.1, -0.05) is 12.1 Å². The lowest BCUT2D eigenvalue weighted by atomic mass is 10.1. The van der Waals surface area contributed by atoms with Gasteiger partial charge in [0.25, 0.3) is 0 Å². The number of amides is 1. The Labute approximate surface area is 137 Å². The van der Waals surface area contributed by atoms with Crippen LogP contribution in [0.25, 0.3) is 11.1 Å². The van der Waals surface area contributed by atoms with Crippen molar-refractivity contribution < 1.29 is 13.6 Å². The number of anilines is 1. The van der Waals surface area contributed by atoms with Crippen molar-refractivity contribution in [3.8, 4) is 0 Å². The van der Waals surface area contributed by atoms with Crippen molar-refractivity contribution >= 4 is 34.4 Å². The van der Waals surface area contributed by atoms with Crippen LogP contribution in [0.1, 0.15) is 11.1 Å². The number of aromatic nitrogens is 1. The highest BCUT2D eigenvalue weighted by molar-refractivity contribution is 6.29. The number of hydrogen-bond donors (Lipinski definition) is 0. The van der Waals surface area contributed by atoms with Crippen LogP contribution in [0.3, 0.4) is 0 Å². The quantitative estimate of drug-likeness (QED) is 0.677. The number of aryl methyl sites for hydroxylation is 1. The normalized spacial score (nSPS) is 10.9. The Kier molecular flexibility index (Phi) is 4.30. The molecule has 2 aromatic heterocycles. The average Bonchev–Trinajstić information content (AvgIpc) is 3.01. The minimum absolute atomic E-state index is 0.0699. The molecule has 1 amide bonds. The molecule has 4 nitrogen and oxygen atoms in total. The minimum atomic E-state index is -0.359. The fourth-order valence-corrected chi connectivity index (χ4v) is 2.53. The van der Waals surface area contributed by atoms with Crippen molar-refractivity contribution in [1.82, 2.24) is 4.98 Å². The number of hydrogen-bond acceptors (Lipinski definition) is 3. The molecule has 118 valence electrons. The summed E-state index contributed by atoms with van der Waals surface area (Å²) in [5.74, 6) is -0.503. The fourth-order valence-electron chi connectivity index (χ4n) is 2.39. The van der Waals surface area contributed by atoms with Gasteiger partial charge >= 0.3 is 0 Å². The molecule has 0 radical (unpaired) electrons. The smallest absolute Gasteiger partial charge is 0.243 e. The molecule has 0 spiro atoms. The van der Waals surface area contributed by atoms with E-state index < -0.39 is 0 Å². The summed E-state index contributed by atoms with van der Waals surface area (Å²) in [6.07, 6.45) is 1.52. The molecule has 0 fully saturated rings. The average molecular weight is 333 g/mol. The second-order valence-corrected chi connectivity index (χ2v) is 5.39. The first kappa shape index (κ1) is 15.5. The molecule has 0 N–H and O–H groups in total. The monoisotopic (exact) mass is 332 g/mol. The van der Waals surface area contributed by atoms with Gasteiger partial charge in [0.1, 0.15) is 23.0 Å². The predicted molar refractivity (Wildman–Crippen MR) is 87.1 cm³/mol. The van der Waals surface area contributed by atoms with E-state index in [-0.39, 0.29) is 24.1 Å². The fraction of sp³-hybridized carbons (Fsp3) is 0.176. The molecule has 3 rings (SSSR count). The summed E-state index contributed by atoms with van der Waals surface area (Å²) in [7, 11) is 0. The zero-order chi connectivity index (χ0) is 16.4. The van der Waals surface area contributed by atoms with Gasteiger partial charge in [0.15, 0.2) is 5.58 Å². The van der Waals surface area contributed by atoms with Crippen LogP contribution in [-0.2, 0) is 11.3 Å². The van der Waals surface area contributed by atoms with Gasteiger partial charge in [0.2, 0.25) is 5.91 Å². The third-order valence-electron chi connectivity index (χ3n) is 3.65. The van der Waals surface area contributed by atoms with Crippen LogP contribution in [0.2, 0.25) is 0 Å². The van der Waals surface area contributed by atoms with Crippen LogP contribution >= 0.6 is 11.6 Å². The molecule has 0 atom stereocenters. The Balaban J connectivity index is 2.02. The summed E-state index contributed by atoms with van der Waals surface area (Å²) in [6, 6.07) is 9.90. The highest BCUT2D eigenvalue weighted by atomic mass is 35.5. The van der Waals surface area contributed by atoms with Crippen molar-refractivity contribution in [2.45, 2.75) is 13.5 Å². The van der Waals surface area contributed by atoms with E-state index in [0.717, 1.165) is 5.56 Å². The molecule has 0 aliphatic carbocycles. The molecule has 0 aliphatic rings. The number of alkyl halides is 1. The summed E-state index contributed by atoms with van der Waals surface area (Å²) < 4.78 is 19.3. The predicted octanol–water partition coefficient (Wildman–Crippen LogP) is 4.05. The summed E-state index contributed by atoms with van der Waals surface area (Å²) in [5.41, 5.74) is 2.45. The van der Waals surface area contributed by atoms with E-state index in [1.807, 2.05) is 0 Å². The van der Waals surface area contributed by atoms with Crippen molar-refractivity contribution in [2.75, 3.05) is 10.8 Å². The SMILES string of the molecule is Cc1cccc(F)c1CN(C(=O)CCl)c1ccc2occc2n1. The number of furan rings is 1. The van der Waals surface area contributed by atoms with Gasteiger partial charge in [0.05, 0.1) is 12.8 Å². The zero-order valence-electron chi connectivity index (χ0n) is 12.4.